The number of amides is 1. The quantitative estimate of drug-likeness (QED) is 0.938. The fraction of sp³-hybridized carbons (Fsp3) is 0.250. The third-order valence-corrected chi connectivity index (χ3v) is 5.38. The molecule has 0 bridgehead atoms. The van der Waals surface area contributed by atoms with Crippen LogP contribution in [0.5, 0.6) is 0 Å². The average molecular weight is 327 g/mol. The number of aromatic nitrogens is 2. The molecule has 1 aliphatic rings. The second-order valence-corrected chi connectivity index (χ2v) is 7.11. The van der Waals surface area contributed by atoms with Gasteiger partial charge in [-0.15, -0.1) is 10.2 Å². The Hall–Kier alpha value is -1.31. The molecule has 104 valence electrons. The van der Waals surface area contributed by atoms with E-state index in [2.05, 4.69) is 10.2 Å². The number of thioether (sulfide) groups is 1. The van der Waals surface area contributed by atoms with E-state index in [9.17, 15) is 4.79 Å². The lowest BCUT2D eigenvalue weighted by Crippen LogP contribution is -2.28. The minimum atomic E-state index is -0.154. The van der Waals surface area contributed by atoms with Crippen molar-refractivity contribution in [1.29, 1.82) is 0 Å². The van der Waals surface area contributed by atoms with E-state index in [1.165, 1.54) is 23.1 Å². The number of rotatable bonds is 3. The van der Waals surface area contributed by atoms with E-state index in [-0.39, 0.29) is 11.2 Å². The molecule has 2 N–H and O–H groups in total. The fourth-order valence-corrected chi connectivity index (χ4v) is 4.22. The molecule has 0 aliphatic carbocycles. The Balaban J connectivity index is 1.76. The molecule has 3 rings (SSSR count). The molecule has 8 heteroatoms. The standard InChI is InChI=1S/C12H11ClN4OS2/c13-7-3-1-2-4-8(7)17-6-5-9(10(17)18)19-12-16-15-11(14)20-12/h1-4,9H,5-6H2,(H2,14,15). The van der Waals surface area contributed by atoms with Crippen molar-refractivity contribution in [1.82, 2.24) is 10.2 Å². The maximum Gasteiger partial charge on any atom is 0.240 e. The Labute approximate surface area is 129 Å². The van der Waals surface area contributed by atoms with Crippen molar-refractivity contribution >= 4 is 51.4 Å². The number of nitrogens with zero attached hydrogens (tertiary/aromatic N) is 3. The van der Waals surface area contributed by atoms with Crippen LogP contribution in [0.4, 0.5) is 10.8 Å². The highest BCUT2D eigenvalue weighted by atomic mass is 35.5. The smallest absolute Gasteiger partial charge is 0.240 e. The van der Waals surface area contributed by atoms with Crippen LogP contribution >= 0.6 is 34.7 Å². The Morgan fingerprint density at radius 3 is 2.90 bits per heavy atom. The van der Waals surface area contributed by atoms with Crippen LogP contribution < -0.4 is 10.6 Å². The van der Waals surface area contributed by atoms with Gasteiger partial charge in [-0.1, -0.05) is 46.8 Å². The first-order valence-electron chi connectivity index (χ1n) is 5.96. The minimum absolute atomic E-state index is 0.0527. The first kappa shape index (κ1) is 13.7. The highest BCUT2D eigenvalue weighted by Crippen LogP contribution is 2.36. The van der Waals surface area contributed by atoms with Crippen LogP contribution in [0.1, 0.15) is 6.42 Å². The summed E-state index contributed by atoms with van der Waals surface area (Å²) in [6.07, 6.45) is 0.758. The second-order valence-electron chi connectivity index (χ2n) is 4.24. The maximum atomic E-state index is 12.4. The Bertz CT molecular complexity index is 648. The van der Waals surface area contributed by atoms with Crippen molar-refractivity contribution in [2.75, 3.05) is 17.2 Å². The van der Waals surface area contributed by atoms with E-state index in [0.717, 1.165) is 16.4 Å². The molecule has 5 nitrogen and oxygen atoms in total. The third-order valence-electron chi connectivity index (χ3n) is 2.96. The summed E-state index contributed by atoms with van der Waals surface area (Å²) < 4.78 is 0.724. The number of nitrogen functional groups attached to an aromatic ring is 1. The molecule has 0 spiro atoms. The lowest BCUT2D eigenvalue weighted by Gasteiger charge is -2.17. The van der Waals surface area contributed by atoms with Gasteiger partial charge in [-0.05, 0) is 18.6 Å². The van der Waals surface area contributed by atoms with Crippen LogP contribution in [-0.4, -0.2) is 27.9 Å². The van der Waals surface area contributed by atoms with Gasteiger partial charge in [0.1, 0.15) is 0 Å². The molecule has 1 aromatic heterocycles. The maximum absolute atomic E-state index is 12.4. The summed E-state index contributed by atoms with van der Waals surface area (Å²) in [6.45, 7) is 0.661. The zero-order valence-corrected chi connectivity index (χ0v) is 12.7. The van der Waals surface area contributed by atoms with Gasteiger partial charge in [-0.2, -0.15) is 0 Å². The van der Waals surface area contributed by atoms with Gasteiger partial charge >= 0.3 is 0 Å². The van der Waals surface area contributed by atoms with E-state index in [1.807, 2.05) is 18.2 Å². The predicted octanol–water partition coefficient (Wildman–Crippen LogP) is 2.67. The zero-order chi connectivity index (χ0) is 14.1. The van der Waals surface area contributed by atoms with E-state index < -0.39 is 0 Å². The molecular weight excluding hydrogens is 316 g/mol. The first-order valence-corrected chi connectivity index (χ1v) is 8.04. The molecule has 1 atom stereocenters. The van der Waals surface area contributed by atoms with Gasteiger partial charge in [0.05, 0.1) is 16.0 Å². The topological polar surface area (TPSA) is 72.1 Å². The van der Waals surface area contributed by atoms with Gasteiger partial charge in [0.25, 0.3) is 0 Å². The summed E-state index contributed by atoms with van der Waals surface area (Å²) in [7, 11) is 0. The van der Waals surface area contributed by atoms with Crippen LogP contribution in [0, 0.1) is 0 Å². The van der Waals surface area contributed by atoms with Crippen molar-refractivity contribution in [3.63, 3.8) is 0 Å². The third kappa shape index (κ3) is 2.61. The van der Waals surface area contributed by atoms with E-state index in [1.54, 1.807) is 11.0 Å². The summed E-state index contributed by atoms with van der Waals surface area (Å²) in [4.78, 5) is 14.2. The molecule has 2 heterocycles. The molecule has 1 amide bonds. The summed E-state index contributed by atoms with van der Waals surface area (Å²) in [5.41, 5.74) is 6.31. The summed E-state index contributed by atoms with van der Waals surface area (Å²) in [5.74, 6) is 0.0527. The van der Waals surface area contributed by atoms with E-state index >= 15 is 0 Å². The normalized spacial score (nSPS) is 18.8. The van der Waals surface area contributed by atoms with Gasteiger partial charge in [0.15, 0.2) is 4.34 Å². The Morgan fingerprint density at radius 2 is 2.20 bits per heavy atom. The summed E-state index contributed by atoms with van der Waals surface area (Å²) in [6, 6.07) is 7.37. The van der Waals surface area contributed by atoms with Gasteiger partial charge in [0, 0.05) is 6.54 Å². The highest BCUT2D eigenvalue weighted by Gasteiger charge is 2.34. The number of para-hydroxylation sites is 1. The summed E-state index contributed by atoms with van der Waals surface area (Å²) in [5, 5.41) is 8.55. The second kappa shape index (κ2) is 5.59. The van der Waals surface area contributed by atoms with Crippen LogP contribution in [0.2, 0.25) is 5.02 Å². The SMILES string of the molecule is Nc1nnc(SC2CCN(c3ccccc3Cl)C2=O)s1. The number of anilines is 2. The minimum Gasteiger partial charge on any atom is -0.374 e. The molecule has 0 saturated carbocycles. The van der Waals surface area contributed by atoms with E-state index in [4.69, 9.17) is 17.3 Å². The molecule has 1 aromatic carbocycles. The molecule has 1 fully saturated rings. The van der Waals surface area contributed by atoms with Gasteiger partial charge in [-0.25, -0.2) is 0 Å². The summed E-state index contributed by atoms with van der Waals surface area (Å²) >= 11 is 8.86. The number of halogens is 1. The fourth-order valence-electron chi connectivity index (χ4n) is 2.06. The van der Waals surface area contributed by atoms with Gasteiger partial charge in [-0.3, -0.25) is 4.79 Å². The predicted molar refractivity (Wildman–Crippen MR) is 82.4 cm³/mol. The Morgan fingerprint density at radius 1 is 1.40 bits per heavy atom. The van der Waals surface area contributed by atoms with Crippen molar-refractivity contribution < 1.29 is 4.79 Å². The van der Waals surface area contributed by atoms with E-state index in [0.29, 0.717) is 16.7 Å². The number of hydrogen-bond donors (Lipinski definition) is 1. The van der Waals surface area contributed by atoms with Crippen LogP contribution in [0.15, 0.2) is 28.6 Å². The number of benzene rings is 1. The Kier molecular flexibility index (Phi) is 3.82. The van der Waals surface area contributed by atoms with Crippen molar-refractivity contribution in [3.05, 3.63) is 29.3 Å². The largest absolute Gasteiger partial charge is 0.374 e. The van der Waals surface area contributed by atoms with Crippen LogP contribution in [-0.2, 0) is 4.79 Å². The number of nitrogens with two attached hydrogens (primary N) is 1. The molecule has 1 saturated heterocycles. The van der Waals surface area contributed by atoms with Crippen LogP contribution in [0.3, 0.4) is 0 Å². The van der Waals surface area contributed by atoms with Crippen molar-refractivity contribution in [2.45, 2.75) is 16.0 Å². The lowest BCUT2D eigenvalue weighted by molar-refractivity contribution is -0.116. The van der Waals surface area contributed by atoms with Gasteiger partial charge in [0.2, 0.25) is 11.0 Å². The van der Waals surface area contributed by atoms with Crippen LogP contribution in [0.25, 0.3) is 0 Å². The molecule has 2 aromatic rings. The van der Waals surface area contributed by atoms with Gasteiger partial charge < -0.3 is 10.6 Å². The molecule has 1 aliphatic heterocycles. The monoisotopic (exact) mass is 326 g/mol. The zero-order valence-electron chi connectivity index (χ0n) is 10.3. The van der Waals surface area contributed by atoms with Crippen molar-refractivity contribution in [2.24, 2.45) is 0 Å². The number of carbonyl (C=O) groups excluding carboxylic acids is 1. The number of hydrogen-bond acceptors (Lipinski definition) is 6. The average Bonchev–Trinajstić information content (AvgIpc) is 2.99. The molecule has 20 heavy (non-hydrogen) atoms. The highest BCUT2D eigenvalue weighted by molar-refractivity contribution is 8.02. The molecular formula is C12H11ClN4OS2. The van der Waals surface area contributed by atoms with Crippen molar-refractivity contribution in [3.8, 4) is 0 Å². The molecule has 1 unspecified atom stereocenters. The number of carbonyl (C=O) groups is 1. The first-order chi connectivity index (χ1) is 9.65. The lowest BCUT2D eigenvalue weighted by atomic mass is 10.3. The molecule has 0 radical (unpaired) electrons.